The summed E-state index contributed by atoms with van der Waals surface area (Å²) in [4.78, 5) is 68.7. The molecule has 15 aromatic carbocycles. The molecule has 16 nitrogen and oxygen atoms in total. The van der Waals surface area contributed by atoms with Crippen molar-refractivity contribution in [3.63, 3.8) is 0 Å². The normalized spacial score (nSPS) is 11.2. The van der Waals surface area contributed by atoms with E-state index < -0.39 is 34.3 Å². The molecular formula is C103H94O16S. The van der Waals surface area contributed by atoms with Gasteiger partial charge in [-0.2, -0.15) is 8.42 Å². The zero-order valence-corrected chi connectivity index (χ0v) is 62.7. The summed E-state index contributed by atoms with van der Waals surface area (Å²) in [7, 11) is -4.67. The van der Waals surface area contributed by atoms with Gasteiger partial charge in [0.2, 0.25) is 0 Å². The maximum absolute atomic E-state index is 12.1. The van der Waals surface area contributed by atoms with Crippen LogP contribution in [0.25, 0.3) is 88.3 Å². The number of hydrogen-bond donors (Lipinski definition) is 8. The maximum atomic E-state index is 12.1. The highest BCUT2D eigenvalue weighted by Crippen LogP contribution is 2.44. The number of carbonyl (C=O) groups excluding carboxylic acids is 2. The van der Waals surface area contributed by atoms with Gasteiger partial charge < -0.3 is 30.6 Å². The lowest BCUT2D eigenvalue weighted by Crippen LogP contribution is -2.03. The van der Waals surface area contributed by atoms with E-state index in [1.54, 1.807) is 78.9 Å². The number of benzene rings is 15. The van der Waals surface area contributed by atoms with E-state index in [4.69, 9.17) is 32.8 Å². The molecule has 0 atom stereocenters. The van der Waals surface area contributed by atoms with E-state index in [0.29, 0.717) is 44.5 Å². The van der Waals surface area contributed by atoms with E-state index in [1.165, 1.54) is 95.4 Å². The maximum Gasteiger partial charge on any atom is 0.394 e. The summed E-state index contributed by atoms with van der Waals surface area (Å²) < 4.78 is 31.6. The number of aliphatic hydroxyl groups is 2. The fraction of sp³-hybridized carbons (Fsp3) is 0.107. The van der Waals surface area contributed by atoms with Crippen LogP contribution >= 0.6 is 0 Å². The number of hydrogen-bond acceptors (Lipinski definition) is 10. The number of aromatic carboxylic acids is 4. The Hall–Kier alpha value is -14.2. The molecule has 0 fully saturated rings. The lowest BCUT2D eigenvalue weighted by Gasteiger charge is -2.08. The third-order valence-corrected chi connectivity index (χ3v) is 20.4. The molecule has 0 spiro atoms. The molecule has 0 aliphatic heterocycles. The van der Waals surface area contributed by atoms with E-state index in [2.05, 4.69) is 146 Å². The van der Waals surface area contributed by atoms with Crippen LogP contribution < -0.4 is 0 Å². The molecule has 5 aliphatic carbocycles. The summed E-state index contributed by atoms with van der Waals surface area (Å²) >= 11 is 0. The van der Waals surface area contributed by atoms with Crippen molar-refractivity contribution in [1.82, 2.24) is 0 Å². The topological polar surface area (TPSA) is 298 Å². The van der Waals surface area contributed by atoms with Crippen LogP contribution in [0.1, 0.15) is 160 Å². The van der Waals surface area contributed by atoms with Crippen molar-refractivity contribution >= 4 is 67.4 Å². The van der Waals surface area contributed by atoms with Gasteiger partial charge in [0.25, 0.3) is 0 Å². The Balaban J connectivity index is 0.000000172. The highest BCUT2D eigenvalue weighted by Gasteiger charge is 2.31. The number of carboxylic acids is 4. The van der Waals surface area contributed by atoms with Crippen LogP contribution in [0.4, 0.5) is 0 Å². The lowest BCUT2D eigenvalue weighted by atomic mass is 9.95. The summed E-state index contributed by atoms with van der Waals surface area (Å²) in [5.41, 5.74) is 25.8. The second-order valence-corrected chi connectivity index (χ2v) is 28.2. The molecule has 0 heterocycles. The van der Waals surface area contributed by atoms with Crippen molar-refractivity contribution in [1.29, 1.82) is 0 Å². The number of carbonyl (C=O) groups is 6. The quantitative estimate of drug-likeness (QED) is 0.0543. The van der Waals surface area contributed by atoms with Crippen LogP contribution in [0.5, 0.6) is 0 Å². The van der Waals surface area contributed by atoms with Crippen molar-refractivity contribution in [2.45, 2.75) is 76.5 Å². The molecule has 15 aromatic rings. The third-order valence-electron chi connectivity index (χ3n) is 20.4. The fourth-order valence-electron chi connectivity index (χ4n) is 15.5. The minimum atomic E-state index is -4.67. The minimum absolute atomic E-state index is 0. The van der Waals surface area contributed by atoms with Gasteiger partial charge in [-0.1, -0.05) is 334 Å². The van der Waals surface area contributed by atoms with Gasteiger partial charge in [0, 0.05) is 27.8 Å². The monoisotopic (exact) mass is 1620 g/mol. The van der Waals surface area contributed by atoms with Gasteiger partial charge in [-0.3, -0.25) is 18.7 Å². The SMILES string of the molecule is C.C.C.C.C.Cc1cccc2c1-c1ccccc1C2.O=C(O)c1cccc2c1-c1ccccc1C2.O=C(O)c1cccc2c1-c1ccccc1C2=O.O=C(O)c1ccccc1-c1ccccc1C(=O)O.O=C1c2ccccc2-c2c(CO)cccc21.O=S(=O)(O)O.OCc1cccc2c1-c1ccccc1C2.c1ccc2c(c1)ccc1ccccc12. The Morgan fingerprint density at radius 1 is 0.267 bits per heavy atom. The molecule has 0 saturated carbocycles. The second kappa shape index (κ2) is 40.6. The molecule has 0 saturated heterocycles. The molecule has 608 valence electrons. The zero-order valence-electron chi connectivity index (χ0n) is 61.9. The fourth-order valence-corrected chi connectivity index (χ4v) is 15.5. The Morgan fingerprint density at radius 2 is 0.533 bits per heavy atom. The van der Waals surface area contributed by atoms with E-state index in [0.717, 1.165) is 63.8 Å². The Morgan fingerprint density at radius 3 is 0.967 bits per heavy atom. The van der Waals surface area contributed by atoms with Crippen LogP contribution in [0.2, 0.25) is 0 Å². The lowest BCUT2D eigenvalue weighted by molar-refractivity contribution is 0.0684. The van der Waals surface area contributed by atoms with Gasteiger partial charge in [-0.05, 0) is 183 Å². The third kappa shape index (κ3) is 19.7. The summed E-state index contributed by atoms with van der Waals surface area (Å²) in [6.45, 7) is 2.28. The van der Waals surface area contributed by atoms with E-state index in [-0.39, 0.29) is 78.6 Å². The Labute approximate surface area is 699 Å². The number of ketones is 2. The summed E-state index contributed by atoms with van der Waals surface area (Å²) in [5, 5.41) is 60.5. The van der Waals surface area contributed by atoms with E-state index in [9.17, 15) is 44.1 Å². The number of carboxylic acid groups (broad SMARTS) is 4. The van der Waals surface area contributed by atoms with Crippen molar-refractivity contribution in [2.75, 3.05) is 0 Å². The van der Waals surface area contributed by atoms with E-state index >= 15 is 0 Å². The smallest absolute Gasteiger partial charge is 0.394 e. The number of aliphatic hydroxyl groups excluding tert-OH is 2. The Kier molecular flexibility index (Phi) is 30.9. The number of fused-ring (bicyclic) bond motifs is 18. The molecule has 5 aliphatic rings. The first-order valence-corrected chi connectivity index (χ1v) is 38.0. The van der Waals surface area contributed by atoms with Gasteiger partial charge in [-0.25, -0.2) is 19.2 Å². The molecule has 0 bridgehead atoms. The predicted molar refractivity (Wildman–Crippen MR) is 480 cm³/mol. The zero-order chi connectivity index (χ0) is 81.0. The molecule has 20 rings (SSSR count). The summed E-state index contributed by atoms with van der Waals surface area (Å²) in [6, 6.07) is 102. The molecule has 0 amide bonds. The van der Waals surface area contributed by atoms with E-state index in [1.807, 2.05) is 84.9 Å². The van der Waals surface area contributed by atoms with Crippen molar-refractivity contribution in [3.8, 4) is 66.8 Å². The van der Waals surface area contributed by atoms with Crippen molar-refractivity contribution in [3.05, 3.63) is 416 Å². The first-order valence-electron chi connectivity index (χ1n) is 36.6. The van der Waals surface area contributed by atoms with Crippen LogP contribution in [0.15, 0.2) is 322 Å². The first-order chi connectivity index (χ1) is 55.6. The number of aryl methyl sites for hydroxylation is 1. The molecule has 0 aromatic heterocycles. The van der Waals surface area contributed by atoms with Crippen LogP contribution in [0, 0.1) is 6.92 Å². The average molecular weight is 1620 g/mol. The first kappa shape index (κ1) is 91.4. The summed E-state index contributed by atoms with van der Waals surface area (Å²) in [6.07, 6.45) is 2.94. The highest BCUT2D eigenvalue weighted by atomic mass is 32.3. The van der Waals surface area contributed by atoms with Crippen LogP contribution in [0.3, 0.4) is 0 Å². The van der Waals surface area contributed by atoms with Gasteiger partial charge >= 0.3 is 34.3 Å². The number of rotatable bonds is 7. The molecule has 0 unspecified atom stereocenters. The second-order valence-electron chi connectivity index (χ2n) is 27.3. The molecular weight excluding hydrogens is 1530 g/mol. The predicted octanol–water partition coefficient (Wildman–Crippen LogP) is 23.5. The Bertz CT molecular complexity index is 6320. The van der Waals surface area contributed by atoms with Crippen LogP contribution in [-0.2, 0) is 42.9 Å². The van der Waals surface area contributed by atoms with Gasteiger partial charge in [0.1, 0.15) is 0 Å². The molecule has 17 heteroatoms. The van der Waals surface area contributed by atoms with Gasteiger partial charge in [-0.15, -0.1) is 0 Å². The van der Waals surface area contributed by atoms with Crippen molar-refractivity contribution < 1.29 is 76.9 Å². The average Bonchev–Trinajstić information content (AvgIpc) is 1.90. The molecule has 0 radical (unpaired) electrons. The minimum Gasteiger partial charge on any atom is -0.478 e. The molecule has 120 heavy (non-hydrogen) atoms. The van der Waals surface area contributed by atoms with Crippen molar-refractivity contribution in [2.24, 2.45) is 0 Å². The molecule has 8 N–H and O–H groups in total. The largest absolute Gasteiger partial charge is 0.478 e. The van der Waals surface area contributed by atoms with Gasteiger partial charge in [0.15, 0.2) is 11.6 Å². The van der Waals surface area contributed by atoms with Gasteiger partial charge in [0.05, 0.1) is 35.5 Å². The highest BCUT2D eigenvalue weighted by molar-refractivity contribution is 7.79. The summed E-state index contributed by atoms with van der Waals surface area (Å²) in [5.74, 6) is -4.06. The standard InChI is InChI=1S/C14H10O4.C14H8O3.2C14H10O2.C14H12O.C14H12.C14H10.5CH4.H2O4S/c15-13(16)11-7-3-1-5-9(11)10-6-2-4-8-12(10)14(17)18;15-13-9-5-2-1-4-8(9)12-10(13)6-3-7-11(12)14(16)17;15-8-9-4-3-7-12-13(9)10-5-1-2-6-11(10)14(12)16;15-14(16)12-7-3-5-10-8-9-4-1-2-6-11(9)13(10)12;15-9-12-6-3-5-11-8-10-4-1-2-7-13(10)14(11)12;1-10-5-4-7-12-9-11-6-2-3-8-13(11)14(10)12;1-3-7-13-11(5-1)9-10-12-6-2-4-8-14(12)13;;;;;;1-5(2,3)4/h1-8H,(H,15,16)(H,17,18);1-7H,(H,16,17);1-7,15H,8H2;1-7H,8H2,(H,15,16);1-7,15H,8-9H2;2-8H,9H2,1H3;1-10H;5*1H4;(H2,1,2,3,4). The van der Waals surface area contributed by atoms with Crippen LogP contribution in [-0.4, -0.2) is 83.6 Å².